The Morgan fingerprint density at radius 1 is 1.07 bits per heavy atom. The highest BCUT2D eigenvalue weighted by Crippen LogP contribution is 2.40. The summed E-state index contributed by atoms with van der Waals surface area (Å²) in [7, 11) is 0. The van der Waals surface area contributed by atoms with Crippen molar-refractivity contribution in [3.05, 3.63) is 0 Å². The maximum atomic E-state index is 6.26. The Bertz CT molecular complexity index is 177. The van der Waals surface area contributed by atoms with E-state index in [2.05, 4.69) is 6.92 Å². The van der Waals surface area contributed by atoms with Crippen molar-refractivity contribution in [1.82, 2.24) is 0 Å². The Labute approximate surface area is 92.2 Å². The van der Waals surface area contributed by atoms with Crippen LogP contribution in [0.3, 0.4) is 0 Å². The molecular formula is C12H21ClO. The van der Waals surface area contributed by atoms with Crippen molar-refractivity contribution in [3.63, 3.8) is 0 Å². The third-order valence-corrected chi connectivity index (χ3v) is 4.46. The second kappa shape index (κ2) is 4.85. The minimum Gasteiger partial charge on any atom is -0.381 e. The predicted octanol–water partition coefficient (Wildman–Crippen LogP) is 3.46. The molecule has 2 fully saturated rings. The zero-order chi connectivity index (χ0) is 9.97. The van der Waals surface area contributed by atoms with Gasteiger partial charge in [0.15, 0.2) is 0 Å². The lowest BCUT2D eigenvalue weighted by Crippen LogP contribution is -2.32. The molecule has 0 aromatic carbocycles. The fourth-order valence-electron chi connectivity index (χ4n) is 3.10. The van der Waals surface area contributed by atoms with Gasteiger partial charge in [0.05, 0.1) is 0 Å². The van der Waals surface area contributed by atoms with Crippen LogP contribution in [0.2, 0.25) is 0 Å². The first-order valence-corrected chi connectivity index (χ1v) is 6.43. The Balaban J connectivity index is 1.92. The quantitative estimate of drug-likeness (QED) is 0.610. The van der Waals surface area contributed by atoms with Crippen molar-refractivity contribution in [2.24, 2.45) is 17.8 Å². The van der Waals surface area contributed by atoms with Gasteiger partial charge in [-0.15, -0.1) is 11.6 Å². The van der Waals surface area contributed by atoms with Crippen molar-refractivity contribution in [1.29, 1.82) is 0 Å². The molecule has 14 heavy (non-hydrogen) atoms. The van der Waals surface area contributed by atoms with Gasteiger partial charge in [-0.3, -0.25) is 0 Å². The first-order valence-electron chi connectivity index (χ1n) is 5.99. The SMILES string of the molecule is CC1CCC(Cl)CC1C1CCOCC1. The Morgan fingerprint density at radius 2 is 1.79 bits per heavy atom. The molecule has 1 saturated carbocycles. The van der Waals surface area contributed by atoms with Crippen molar-refractivity contribution >= 4 is 11.6 Å². The number of ether oxygens (including phenoxy) is 1. The lowest BCUT2D eigenvalue weighted by atomic mass is 9.71. The Morgan fingerprint density at radius 3 is 2.50 bits per heavy atom. The van der Waals surface area contributed by atoms with Crippen molar-refractivity contribution in [2.45, 2.75) is 44.4 Å². The van der Waals surface area contributed by atoms with Gasteiger partial charge >= 0.3 is 0 Å². The zero-order valence-corrected chi connectivity index (χ0v) is 9.80. The number of halogens is 1. The zero-order valence-electron chi connectivity index (χ0n) is 9.05. The summed E-state index contributed by atoms with van der Waals surface area (Å²) >= 11 is 6.26. The molecule has 0 N–H and O–H groups in total. The second-order valence-electron chi connectivity index (χ2n) is 5.00. The molecule has 2 rings (SSSR count). The van der Waals surface area contributed by atoms with Crippen molar-refractivity contribution < 1.29 is 4.74 Å². The highest BCUT2D eigenvalue weighted by molar-refractivity contribution is 6.20. The van der Waals surface area contributed by atoms with E-state index >= 15 is 0 Å². The monoisotopic (exact) mass is 216 g/mol. The lowest BCUT2D eigenvalue weighted by Gasteiger charge is -2.39. The number of hydrogen-bond donors (Lipinski definition) is 0. The van der Waals surface area contributed by atoms with Crippen LogP contribution < -0.4 is 0 Å². The van der Waals surface area contributed by atoms with E-state index in [4.69, 9.17) is 16.3 Å². The summed E-state index contributed by atoms with van der Waals surface area (Å²) < 4.78 is 5.42. The van der Waals surface area contributed by atoms with Gasteiger partial charge < -0.3 is 4.74 Å². The van der Waals surface area contributed by atoms with Crippen LogP contribution in [0.15, 0.2) is 0 Å². The molecule has 0 aromatic rings. The van der Waals surface area contributed by atoms with Gasteiger partial charge in [-0.1, -0.05) is 6.92 Å². The van der Waals surface area contributed by atoms with E-state index in [0.717, 1.165) is 31.0 Å². The van der Waals surface area contributed by atoms with Crippen LogP contribution in [0.5, 0.6) is 0 Å². The molecule has 0 bridgehead atoms. The minimum atomic E-state index is 0.444. The van der Waals surface area contributed by atoms with Crippen LogP contribution in [-0.2, 0) is 4.74 Å². The molecule has 1 heterocycles. The van der Waals surface area contributed by atoms with Crippen molar-refractivity contribution in [3.8, 4) is 0 Å². The molecule has 82 valence electrons. The lowest BCUT2D eigenvalue weighted by molar-refractivity contribution is 0.0266. The smallest absolute Gasteiger partial charge is 0.0468 e. The Hall–Kier alpha value is 0.250. The summed E-state index contributed by atoms with van der Waals surface area (Å²) in [4.78, 5) is 0. The van der Waals surface area contributed by atoms with Gasteiger partial charge in [0.25, 0.3) is 0 Å². The maximum absolute atomic E-state index is 6.26. The molecule has 1 aliphatic heterocycles. The highest BCUT2D eigenvalue weighted by atomic mass is 35.5. The Kier molecular flexibility index (Phi) is 3.73. The average Bonchev–Trinajstić information content (AvgIpc) is 2.23. The van der Waals surface area contributed by atoms with Crippen LogP contribution in [0, 0.1) is 17.8 Å². The van der Waals surface area contributed by atoms with Crippen LogP contribution in [0.4, 0.5) is 0 Å². The first kappa shape index (κ1) is 10.8. The second-order valence-corrected chi connectivity index (χ2v) is 5.62. The van der Waals surface area contributed by atoms with E-state index in [-0.39, 0.29) is 0 Å². The summed E-state index contributed by atoms with van der Waals surface area (Å²) in [5.41, 5.74) is 0. The highest BCUT2D eigenvalue weighted by Gasteiger charge is 2.33. The molecule has 3 atom stereocenters. The number of hydrogen-bond acceptors (Lipinski definition) is 1. The summed E-state index contributed by atoms with van der Waals surface area (Å²) in [6.45, 7) is 4.35. The van der Waals surface area contributed by atoms with Crippen LogP contribution in [0.25, 0.3) is 0 Å². The van der Waals surface area contributed by atoms with E-state index in [0.29, 0.717) is 5.38 Å². The van der Waals surface area contributed by atoms with Gasteiger partial charge in [0, 0.05) is 18.6 Å². The van der Waals surface area contributed by atoms with Crippen LogP contribution in [-0.4, -0.2) is 18.6 Å². The van der Waals surface area contributed by atoms with Crippen molar-refractivity contribution in [2.75, 3.05) is 13.2 Å². The average molecular weight is 217 g/mol. The molecular weight excluding hydrogens is 196 g/mol. The first-order chi connectivity index (χ1) is 6.77. The van der Waals surface area contributed by atoms with Crippen LogP contribution >= 0.6 is 11.6 Å². The molecule has 0 spiro atoms. The third-order valence-electron chi connectivity index (χ3n) is 4.07. The molecule has 2 aliphatic rings. The summed E-state index contributed by atoms with van der Waals surface area (Å²) in [6.07, 6.45) is 6.32. The van der Waals surface area contributed by atoms with E-state index < -0.39 is 0 Å². The van der Waals surface area contributed by atoms with Gasteiger partial charge in [-0.05, 0) is 49.9 Å². The molecule has 1 nitrogen and oxygen atoms in total. The maximum Gasteiger partial charge on any atom is 0.0468 e. The van der Waals surface area contributed by atoms with Crippen LogP contribution in [0.1, 0.15) is 39.0 Å². The molecule has 3 unspecified atom stereocenters. The number of rotatable bonds is 1. The number of alkyl halides is 1. The fourth-order valence-corrected chi connectivity index (χ4v) is 3.44. The van der Waals surface area contributed by atoms with Gasteiger partial charge in [0.1, 0.15) is 0 Å². The minimum absolute atomic E-state index is 0.444. The largest absolute Gasteiger partial charge is 0.381 e. The molecule has 0 aromatic heterocycles. The molecule has 0 amide bonds. The van der Waals surface area contributed by atoms with E-state index in [1.165, 1.54) is 32.1 Å². The molecule has 1 aliphatic carbocycles. The fraction of sp³-hybridized carbons (Fsp3) is 1.00. The normalized spacial score (nSPS) is 41.1. The molecule has 1 saturated heterocycles. The van der Waals surface area contributed by atoms with Gasteiger partial charge in [0.2, 0.25) is 0 Å². The topological polar surface area (TPSA) is 9.23 Å². The molecule has 2 heteroatoms. The van der Waals surface area contributed by atoms with E-state index in [1.54, 1.807) is 0 Å². The summed E-state index contributed by atoms with van der Waals surface area (Å²) in [5, 5.41) is 0.444. The summed E-state index contributed by atoms with van der Waals surface area (Å²) in [5.74, 6) is 2.64. The molecule has 0 radical (unpaired) electrons. The summed E-state index contributed by atoms with van der Waals surface area (Å²) in [6, 6.07) is 0. The standard InChI is InChI=1S/C12H21ClO/c1-9-2-3-11(13)8-12(9)10-4-6-14-7-5-10/h9-12H,2-8H2,1H3. The van der Waals surface area contributed by atoms with E-state index in [1.807, 2.05) is 0 Å². The van der Waals surface area contributed by atoms with Gasteiger partial charge in [-0.25, -0.2) is 0 Å². The predicted molar refractivity (Wildman–Crippen MR) is 59.7 cm³/mol. The van der Waals surface area contributed by atoms with E-state index in [9.17, 15) is 0 Å². The third kappa shape index (κ3) is 2.43. The van der Waals surface area contributed by atoms with Gasteiger partial charge in [-0.2, -0.15) is 0 Å².